The van der Waals surface area contributed by atoms with Gasteiger partial charge in [0.15, 0.2) is 0 Å². The Hall–Kier alpha value is -3.41. The van der Waals surface area contributed by atoms with Gasteiger partial charge in [-0.1, -0.05) is 12.1 Å². The molecule has 0 radical (unpaired) electrons. The third kappa shape index (κ3) is 4.28. The topological polar surface area (TPSA) is 61.6 Å². The highest BCUT2D eigenvalue weighted by molar-refractivity contribution is 5.51. The molecule has 3 rings (SSSR count). The van der Waals surface area contributed by atoms with Gasteiger partial charge in [-0.15, -0.1) is 0 Å². The summed E-state index contributed by atoms with van der Waals surface area (Å²) in [5.41, 5.74) is 3.24. The largest absolute Gasteiger partial charge is 0.496 e. The average Bonchev–Trinajstić information content (AvgIpc) is 2.66. The van der Waals surface area contributed by atoms with Crippen molar-refractivity contribution in [2.24, 2.45) is 0 Å². The zero-order chi connectivity index (χ0) is 20.3. The van der Waals surface area contributed by atoms with Crippen LogP contribution in [0.2, 0.25) is 0 Å². The summed E-state index contributed by atoms with van der Waals surface area (Å²) in [6, 6.07) is 14.7. The van der Waals surface area contributed by atoms with Crippen molar-refractivity contribution in [1.82, 2.24) is 0 Å². The van der Waals surface area contributed by atoms with Gasteiger partial charge >= 0.3 is 0 Å². The number of hydrogen-bond donors (Lipinski definition) is 0. The van der Waals surface area contributed by atoms with Crippen molar-refractivity contribution in [2.45, 2.75) is 20.3 Å². The first-order valence-electron chi connectivity index (χ1n) is 8.72. The quantitative estimate of drug-likeness (QED) is 0.403. The fraction of sp³-hybridized carbons (Fsp3) is 0.182. The molecule has 0 spiro atoms. The van der Waals surface area contributed by atoms with E-state index in [0.29, 0.717) is 34.8 Å². The zero-order valence-corrected chi connectivity index (χ0v) is 15.9. The molecule has 0 aliphatic carbocycles. The first-order chi connectivity index (χ1) is 13.4. The molecular weight excluding hydrogens is 361 g/mol. The van der Waals surface area contributed by atoms with E-state index in [4.69, 9.17) is 9.47 Å². The number of nitrogens with zero attached hydrogens (tertiary/aromatic N) is 1. The Morgan fingerprint density at radius 3 is 2.21 bits per heavy atom. The molecule has 0 saturated carbocycles. The molecular formula is C22H20FNO4. The van der Waals surface area contributed by atoms with Gasteiger partial charge in [-0.3, -0.25) is 10.1 Å². The van der Waals surface area contributed by atoms with Gasteiger partial charge in [0.05, 0.1) is 12.0 Å². The molecule has 0 N–H and O–H groups in total. The first kappa shape index (κ1) is 19.4. The molecule has 0 saturated heterocycles. The second-order valence-electron chi connectivity index (χ2n) is 6.54. The second kappa shape index (κ2) is 8.08. The van der Waals surface area contributed by atoms with Gasteiger partial charge in [0.2, 0.25) is 0 Å². The summed E-state index contributed by atoms with van der Waals surface area (Å²) in [5.74, 6) is 1.60. The van der Waals surface area contributed by atoms with Gasteiger partial charge in [-0.05, 0) is 60.9 Å². The van der Waals surface area contributed by atoms with E-state index in [-0.39, 0.29) is 11.5 Å². The summed E-state index contributed by atoms with van der Waals surface area (Å²) in [7, 11) is 1.59. The summed E-state index contributed by atoms with van der Waals surface area (Å²) in [5, 5.41) is 11.0. The van der Waals surface area contributed by atoms with Crippen LogP contribution in [0.25, 0.3) is 0 Å². The maximum Gasteiger partial charge on any atom is 0.270 e. The van der Waals surface area contributed by atoms with E-state index in [0.717, 1.165) is 11.1 Å². The first-order valence-corrected chi connectivity index (χ1v) is 8.72. The van der Waals surface area contributed by atoms with Crippen molar-refractivity contribution in [3.05, 3.63) is 92.8 Å². The van der Waals surface area contributed by atoms with Crippen LogP contribution in [0.15, 0.2) is 54.6 Å². The summed E-state index contributed by atoms with van der Waals surface area (Å²) < 4.78 is 24.6. The third-order valence-corrected chi connectivity index (χ3v) is 4.44. The van der Waals surface area contributed by atoms with Gasteiger partial charge in [0.1, 0.15) is 23.1 Å². The van der Waals surface area contributed by atoms with Gasteiger partial charge in [-0.2, -0.15) is 0 Å². The van der Waals surface area contributed by atoms with Crippen LogP contribution in [0.1, 0.15) is 22.3 Å². The zero-order valence-electron chi connectivity index (χ0n) is 15.9. The highest BCUT2D eigenvalue weighted by atomic mass is 19.1. The lowest BCUT2D eigenvalue weighted by Gasteiger charge is -2.15. The molecule has 28 heavy (non-hydrogen) atoms. The molecule has 0 heterocycles. The van der Waals surface area contributed by atoms with Crippen LogP contribution in [0, 0.1) is 29.8 Å². The van der Waals surface area contributed by atoms with Crippen molar-refractivity contribution in [1.29, 1.82) is 0 Å². The summed E-state index contributed by atoms with van der Waals surface area (Å²) in [6.45, 7) is 3.55. The van der Waals surface area contributed by atoms with Crippen LogP contribution in [0.4, 0.5) is 10.1 Å². The lowest BCUT2D eigenvalue weighted by molar-refractivity contribution is -0.385. The number of non-ortho nitro benzene ring substituents is 1. The highest BCUT2D eigenvalue weighted by Gasteiger charge is 2.15. The minimum Gasteiger partial charge on any atom is -0.496 e. The fourth-order valence-electron chi connectivity index (χ4n) is 3.09. The summed E-state index contributed by atoms with van der Waals surface area (Å²) in [4.78, 5) is 10.6. The van der Waals surface area contributed by atoms with E-state index >= 15 is 0 Å². The average molecular weight is 381 g/mol. The SMILES string of the molecule is COc1ccc(Oc2c(C)cc([N+](=O)[O-])cc2C)cc1Cc1ccc(F)cc1. The van der Waals surface area contributed by atoms with Crippen LogP contribution in [0.3, 0.4) is 0 Å². The fourth-order valence-corrected chi connectivity index (χ4v) is 3.09. The minimum absolute atomic E-state index is 0.0362. The number of rotatable bonds is 6. The van der Waals surface area contributed by atoms with Crippen molar-refractivity contribution in [3.63, 3.8) is 0 Å². The highest BCUT2D eigenvalue weighted by Crippen LogP contribution is 2.34. The van der Waals surface area contributed by atoms with Gasteiger partial charge in [0, 0.05) is 24.1 Å². The monoisotopic (exact) mass is 381 g/mol. The van der Waals surface area contributed by atoms with Gasteiger partial charge in [0.25, 0.3) is 5.69 Å². The second-order valence-corrected chi connectivity index (χ2v) is 6.54. The summed E-state index contributed by atoms with van der Waals surface area (Å²) >= 11 is 0. The van der Waals surface area contributed by atoms with Crippen LogP contribution in [0.5, 0.6) is 17.2 Å². The Bertz CT molecular complexity index is 993. The van der Waals surface area contributed by atoms with E-state index in [1.807, 2.05) is 12.1 Å². The molecule has 5 nitrogen and oxygen atoms in total. The van der Waals surface area contributed by atoms with Crippen LogP contribution in [-0.4, -0.2) is 12.0 Å². The Balaban J connectivity index is 1.91. The van der Waals surface area contributed by atoms with Crippen LogP contribution >= 0.6 is 0 Å². The maximum absolute atomic E-state index is 13.1. The lowest BCUT2D eigenvalue weighted by atomic mass is 10.0. The number of aryl methyl sites for hydroxylation is 2. The molecule has 0 atom stereocenters. The Morgan fingerprint density at radius 2 is 1.64 bits per heavy atom. The molecule has 3 aromatic carbocycles. The van der Waals surface area contributed by atoms with Gasteiger partial charge < -0.3 is 9.47 Å². The van der Waals surface area contributed by atoms with Gasteiger partial charge in [-0.25, -0.2) is 4.39 Å². The van der Waals surface area contributed by atoms with Crippen molar-refractivity contribution >= 4 is 5.69 Å². The number of nitro groups is 1. The molecule has 6 heteroatoms. The van der Waals surface area contributed by atoms with Crippen molar-refractivity contribution in [3.8, 4) is 17.2 Å². The predicted molar refractivity (Wildman–Crippen MR) is 105 cm³/mol. The number of ether oxygens (including phenoxy) is 2. The minimum atomic E-state index is -0.419. The number of methoxy groups -OCH3 is 1. The molecule has 0 bridgehead atoms. The molecule has 0 aliphatic heterocycles. The lowest BCUT2D eigenvalue weighted by Crippen LogP contribution is -1.98. The smallest absolute Gasteiger partial charge is 0.270 e. The number of hydrogen-bond acceptors (Lipinski definition) is 4. The third-order valence-electron chi connectivity index (χ3n) is 4.44. The van der Waals surface area contributed by atoms with Crippen LogP contribution in [-0.2, 0) is 6.42 Å². The molecule has 0 amide bonds. The summed E-state index contributed by atoms with van der Waals surface area (Å²) in [6.07, 6.45) is 0.554. The molecule has 0 fully saturated rings. The molecule has 3 aromatic rings. The van der Waals surface area contributed by atoms with Crippen molar-refractivity contribution in [2.75, 3.05) is 7.11 Å². The maximum atomic E-state index is 13.1. The Kier molecular flexibility index (Phi) is 5.59. The van der Waals surface area contributed by atoms with E-state index in [1.165, 1.54) is 24.3 Å². The number of benzene rings is 3. The standard InChI is InChI=1S/C22H20FNO4/c1-14-10-19(24(25)26)11-15(2)22(14)28-20-8-9-21(27-3)17(13-20)12-16-4-6-18(23)7-5-16/h4-11,13H,12H2,1-3H3. The van der Waals surface area contributed by atoms with E-state index in [9.17, 15) is 14.5 Å². The normalized spacial score (nSPS) is 10.6. The Morgan fingerprint density at radius 1 is 1.00 bits per heavy atom. The molecule has 0 aromatic heterocycles. The molecule has 0 aliphatic rings. The number of nitro benzene ring substituents is 1. The molecule has 144 valence electrons. The van der Waals surface area contributed by atoms with E-state index < -0.39 is 4.92 Å². The van der Waals surface area contributed by atoms with Crippen molar-refractivity contribution < 1.29 is 18.8 Å². The predicted octanol–water partition coefficient (Wildman–Crippen LogP) is 5.74. The number of halogens is 1. The van der Waals surface area contributed by atoms with Crippen LogP contribution < -0.4 is 9.47 Å². The van der Waals surface area contributed by atoms with E-state index in [1.54, 1.807) is 39.2 Å². The van der Waals surface area contributed by atoms with E-state index in [2.05, 4.69) is 0 Å². The molecule has 0 unspecified atom stereocenters. The Labute approximate surface area is 162 Å².